The van der Waals surface area contributed by atoms with Crippen molar-refractivity contribution in [2.75, 3.05) is 0 Å². The van der Waals surface area contributed by atoms with Gasteiger partial charge in [0, 0.05) is 22.6 Å². The third kappa shape index (κ3) is 2.60. The van der Waals surface area contributed by atoms with Gasteiger partial charge in [-0.1, -0.05) is 0 Å². The third-order valence-corrected chi connectivity index (χ3v) is 3.86. The maximum Gasteiger partial charge on any atom is 0.300 e. The van der Waals surface area contributed by atoms with Gasteiger partial charge in [0.25, 0.3) is 23.1 Å². The number of fused-ring (bicyclic) bond motifs is 3. The fourth-order valence-corrected chi connectivity index (χ4v) is 2.76. The Hall–Kier alpha value is -4.36. The van der Waals surface area contributed by atoms with Gasteiger partial charge in [-0.25, -0.2) is 4.98 Å². The maximum absolute atomic E-state index is 12.5. The number of pyridine rings is 1. The van der Waals surface area contributed by atoms with E-state index in [4.69, 9.17) is 0 Å². The van der Waals surface area contributed by atoms with Crippen LogP contribution in [0.3, 0.4) is 0 Å². The Morgan fingerprint density at radius 1 is 0.926 bits per heavy atom. The fraction of sp³-hybridized carbons (Fsp3) is 0.0769. The molecule has 0 N–H and O–H groups in total. The molecule has 0 spiro atoms. The third-order valence-electron chi connectivity index (χ3n) is 3.86. The quantitative estimate of drug-likeness (QED) is 0.556. The highest BCUT2D eigenvalue weighted by Gasteiger charge is 2.44. The molecule has 0 aliphatic heterocycles. The number of benzene rings is 1. The number of nitro groups is 4. The highest BCUT2D eigenvalue weighted by atomic mass is 16.6. The highest BCUT2D eigenvalue weighted by Crippen LogP contribution is 2.38. The van der Waals surface area contributed by atoms with Gasteiger partial charge in [-0.3, -0.25) is 45.3 Å². The lowest BCUT2D eigenvalue weighted by Gasteiger charge is -2.15. The van der Waals surface area contributed by atoms with E-state index in [1.54, 1.807) is 0 Å². The van der Waals surface area contributed by atoms with E-state index < -0.39 is 65.2 Å². The van der Waals surface area contributed by atoms with Crippen molar-refractivity contribution >= 4 is 33.6 Å². The number of nitro benzene ring substituents is 2. The summed E-state index contributed by atoms with van der Waals surface area (Å²) in [5.74, 6) is -1.24. The summed E-state index contributed by atoms with van der Waals surface area (Å²) >= 11 is 0. The van der Waals surface area contributed by atoms with E-state index in [2.05, 4.69) is 4.98 Å². The van der Waals surface area contributed by atoms with E-state index in [-0.39, 0.29) is 5.39 Å². The van der Waals surface area contributed by atoms with Crippen LogP contribution in [0.2, 0.25) is 0 Å². The van der Waals surface area contributed by atoms with Crippen LogP contribution in [0.5, 0.6) is 0 Å². The molecule has 2 aromatic rings. The minimum absolute atomic E-state index is 0.227. The first kappa shape index (κ1) is 17.5. The number of carbonyl (C=O) groups is 1. The molecule has 136 valence electrons. The minimum atomic E-state index is -2.14. The summed E-state index contributed by atoms with van der Waals surface area (Å²) in [4.78, 5) is 56.9. The zero-order chi connectivity index (χ0) is 20.0. The zero-order valence-electron chi connectivity index (χ0n) is 12.8. The maximum atomic E-state index is 12.5. The lowest BCUT2D eigenvalue weighted by Crippen LogP contribution is -2.33. The largest absolute Gasteiger partial charge is 0.300 e. The average molecular weight is 375 g/mol. The van der Waals surface area contributed by atoms with Gasteiger partial charge in [-0.2, -0.15) is 0 Å². The zero-order valence-corrected chi connectivity index (χ0v) is 12.8. The Balaban J connectivity index is 2.50. The highest BCUT2D eigenvalue weighted by molar-refractivity contribution is 6.17. The van der Waals surface area contributed by atoms with Gasteiger partial charge in [0.2, 0.25) is 5.78 Å². The first-order valence-electron chi connectivity index (χ1n) is 6.93. The van der Waals surface area contributed by atoms with Crippen LogP contribution >= 0.6 is 0 Å². The number of Topliss-reactive ketones (excluding diaryl/α,β-unsaturated/α-hetero) is 1. The van der Waals surface area contributed by atoms with E-state index in [1.807, 2.05) is 0 Å². The van der Waals surface area contributed by atoms with E-state index >= 15 is 0 Å². The molecule has 0 amide bonds. The monoisotopic (exact) mass is 375 g/mol. The molecule has 1 heterocycles. The van der Waals surface area contributed by atoms with Crippen molar-refractivity contribution < 1.29 is 24.5 Å². The van der Waals surface area contributed by atoms with Crippen molar-refractivity contribution in [1.29, 1.82) is 0 Å². The first-order chi connectivity index (χ1) is 12.6. The van der Waals surface area contributed by atoms with Crippen LogP contribution in [0, 0.1) is 40.5 Å². The summed E-state index contributed by atoms with van der Waals surface area (Å²) in [7, 11) is 0. The Kier molecular flexibility index (Phi) is 3.79. The van der Waals surface area contributed by atoms with Gasteiger partial charge in [-0.15, -0.1) is 0 Å². The molecule has 3 rings (SSSR count). The molecule has 1 aromatic heterocycles. The molecule has 1 aliphatic rings. The molecule has 0 fully saturated rings. The smallest absolute Gasteiger partial charge is 0.286 e. The Morgan fingerprint density at radius 2 is 1.59 bits per heavy atom. The van der Waals surface area contributed by atoms with Gasteiger partial charge >= 0.3 is 0 Å². The van der Waals surface area contributed by atoms with Crippen LogP contribution in [-0.4, -0.2) is 36.5 Å². The second-order valence-corrected chi connectivity index (χ2v) is 5.33. The summed E-state index contributed by atoms with van der Waals surface area (Å²) < 4.78 is 0. The summed E-state index contributed by atoms with van der Waals surface area (Å²) in [6, 6.07) is -0.685. The van der Waals surface area contributed by atoms with E-state index in [1.165, 1.54) is 0 Å². The van der Waals surface area contributed by atoms with Gasteiger partial charge in [0.15, 0.2) is 5.69 Å². The van der Waals surface area contributed by atoms with Crippen molar-refractivity contribution in [2.45, 2.75) is 6.04 Å². The Morgan fingerprint density at radius 3 is 2.11 bits per heavy atom. The fourth-order valence-electron chi connectivity index (χ4n) is 2.76. The van der Waals surface area contributed by atoms with Gasteiger partial charge in [0.05, 0.1) is 37.9 Å². The van der Waals surface area contributed by atoms with Crippen molar-refractivity contribution in [3.8, 4) is 0 Å². The van der Waals surface area contributed by atoms with Gasteiger partial charge < -0.3 is 0 Å². The Bertz CT molecular complexity index is 1120. The molecule has 0 bridgehead atoms. The predicted molar refractivity (Wildman–Crippen MR) is 85.1 cm³/mol. The summed E-state index contributed by atoms with van der Waals surface area (Å²) in [6.45, 7) is 0. The second kappa shape index (κ2) is 5.87. The number of nitrogens with zero attached hydrogens (tertiary/aromatic N) is 5. The number of carbonyl (C=O) groups excluding carboxylic acids is 1. The molecule has 0 saturated heterocycles. The normalized spacial score (nSPS) is 15.8. The van der Waals surface area contributed by atoms with Crippen LogP contribution in [0.4, 0.5) is 11.4 Å². The number of non-ortho nitro benzene ring substituents is 2. The van der Waals surface area contributed by atoms with Crippen LogP contribution in [0.15, 0.2) is 24.4 Å². The number of aromatic nitrogens is 1. The molecule has 14 nitrogen and oxygen atoms in total. The number of hydrogen-bond acceptors (Lipinski definition) is 10. The first-order valence-corrected chi connectivity index (χ1v) is 6.93. The molecule has 1 atom stereocenters. The van der Waals surface area contributed by atoms with Crippen LogP contribution in [-0.2, 0) is 0 Å². The average Bonchev–Trinajstić information content (AvgIpc) is 2.59. The van der Waals surface area contributed by atoms with E-state index in [0.29, 0.717) is 12.1 Å². The number of rotatable bonds is 4. The van der Waals surface area contributed by atoms with Gasteiger partial charge in [-0.05, 0) is 0 Å². The number of ketones is 1. The molecule has 1 unspecified atom stereocenters. The standard InChI is InChI=1S/C13H5N5O9/c19-13-9(18(26)27)3-8(17(24)25)12-11(13)10-5(4-14-12)1-6(15(20)21)2-7(10)16(22)23/h1-4,9H. The molecule has 0 saturated carbocycles. The topological polar surface area (TPSA) is 203 Å². The Labute approximate surface area is 146 Å². The minimum Gasteiger partial charge on any atom is -0.286 e. The van der Waals surface area contributed by atoms with Crippen LogP contribution in [0.25, 0.3) is 16.5 Å². The molecule has 0 radical (unpaired) electrons. The molecule has 1 aromatic carbocycles. The summed E-state index contributed by atoms with van der Waals surface area (Å²) in [5, 5.41) is 44.0. The van der Waals surface area contributed by atoms with Crippen LogP contribution in [0.1, 0.15) is 16.1 Å². The van der Waals surface area contributed by atoms with Gasteiger partial charge in [0.1, 0.15) is 0 Å². The summed E-state index contributed by atoms with van der Waals surface area (Å²) in [5.41, 5.74) is -3.69. The molecule has 1 aliphatic carbocycles. The lowest BCUT2D eigenvalue weighted by atomic mass is 9.90. The molecule has 14 heteroatoms. The molecular weight excluding hydrogens is 370 g/mol. The molecule has 27 heavy (non-hydrogen) atoms. The predicted octanol–water partition coefficient (Wildman–Crippen LogP) is 1.51. The molecular formula is C13H5N5O9. The van der Waals surface area contributed by atoms with E-state index in [0.717, 1.165) is 12.3 Å². The lowest BCUT2D eigenvalue weighted by molar-refractivity contribution is -0.494. The van der Waals surface area contributed by atoms with Crippen molar-refractivity contribution in [3.05, 3.63) is 76.1 Å². The van der Waals surface area contributed by atoms with E-state index in [9.17, 15) is 45.3 Å². The summed E-state index contributed by atoms with van der Waals surface area (Å²) in [6.07, 6.45) is 1.39. The van der Waals surface area contributed by atoms with Crippen molar-refractivity contribution in [2.24, 2.45) is 0 Å². The van der Waals surface area contributed by atoms with Crippen LogP contribution < -0.4 is 0 Å². The SMILES string of the molecule is O=C1c2c(ncc3cc([N+](=O)[O-])cc([N+](=O)[O-])c23)C([N+](=O)[O-])=CC1[N+](=O)[O-]. The van der Waals surface area contributed by atoms with Crippen molar-refractivity contribution in [1.82, 2.24) is 4.98 Å². The van der Waals surface area contributed by atoms with Crippen molar-refractivity contribution in [3.63, 3.8) is 0 Å². The second-order valence-electron chi connectivity index (χ2n) is 5.33. The number of hydrogen-bond donors (Lipinski definition) is 0.